The van der Waals surface area contributed by atoms with Gasteiger partial charge in [0.15, 0.2) is 0 Å². The third kappa shape index (κ3) is 9.13. The van der Waals surface area contributed by atoms with Crippen molar-refractivity contribution >= 4 is 56.6 Å². The molecule has 0 aromatic rings. The molecular weight excluding hydrogens is 71.0 g/mol. The molecule has 2 heteroatoms. The van der Waals surface area contributed by atoms with Crippen molar-refractivity contribution in [2.24, 2.45) is 0 Å². The molecule has 0 N–H and O–H groups in total. The van der Waals surface area contributed by atoms with Crippen LogP contribution in [0.2, 0.25) is 0 Å². The molecule has 0 amide bonds. The first-order valence-corrected chi connectivity index (χ1v) is 0.707. The molecule has 0 saturated carbocycles. The molecular formula is C2H8CaLi. The van der Waals surface area contributed by atoms with Gasteiger partial charge < -0.3 is 0 Å². The number of hydrogen-bond acceptors (Lipinski definition) is 0. The average molecular weight is 79.1 g/mol. The fourth-order valence-corrected chi connectivity index (χ4v) is 0. The molecule has 0 saturated heterocycles. The summed E-state index contributed by atoms with van der Waals surface area (Å²) in [4.78, 5) is 0. The normalized spacial score (nSPS) is 1.50. The Kier molecular flexibility index (Phi) is 88.7. The number of rotatable bonds is 0. The van der Waals surface area contributed by atoms with Gasteiger partial charge in [-0.15, -0.1) is 0 Å². The van der Waals surface area contributed by atoms with E-state index in [0.717, 1.165) is 0 Å². The van der Waals surface area contributed by atoms with Crippen LogP contribution >= 0.6 is 0 Å². The van der Waals surface area contributed by atoms with E-state index >= 15 is 0 Å². The minimum atomic E-state index is 0. The van der Waals surface area contributed by atoms with Crippen LogP contribution in [0.3, 0.4) is 0 Å². The summed E-state index contributed by atoms with van der Waals surface area (Å²) in [6, 6.07) is 0. The predicted octanol–water partition coefficient (Wildman–Crippen LogP) is -0.724. The molecule has 0 aliphatic heterocycles. The summed E-state index contributed by atoms with van der Waals surface area (Å²) in [5.74, 6) is 0. The van der Waals surface area contributed by atoms with Crippen LogP contribution in [0.15, 0.2) is 0 Å². The van der Waals surface area contributed by atoms with E-state index in [-0.39, 0.29) is 56.6 Å². The Balaban J connectivity index is -0.00000000500. The Morgan fingerprint density at radius 1 is 1.25 bits per heavy atom. The third-order valence-corrected chi connectivity index (χ3v) is 0. The zero-order chi connectivity index (χ0) is 2.00. The molecule has 0 aromatic carbocycles. The quantitative estimate of drug-likeness (QED) is 0.336. The van der Waals surface area contributed by atoms with Crippen molar-refractivity contribution < 1.29 is 0 Å². The summed E-state index contributed by atoms with van der Waals surface area (Å²) in [6.45, 7) is 5.00. The van der Waals surface area contributed by atoms with E-state index in [2.05, 4.69) is 6.92 Å². The summed E-state index contributed by atoms with van der Waals surface area (Å²) < 4.78 is 0. The second-order valence-electron chi connectivity index (χ2n) is 0. The zero-order valence-electron chi connectivity index (χ0n) is 1.71. The van der Waals surface area contributed by atoms with Gasteiger partial charge in [0, 0.05) is 0 Å². The maximum atomic E-state index is 3.25. The molecule has 0 rings (SSSR count). The maximum absolute atomic E-state index is 3.25. The molecule has 0 fully saturated rings. The Morgan fingerprint density at radius 3 is 1.25 bits per heavy atom. The predicted molar refractivity (Wildman–Crippen MR) is 26.7 cm³/mol. The van der Waals surface area contributed by atoms with E-state index in [1.807, 2.05) is 0 Å². The van der Waals surface area contributed by atoms with Gasteiger partial charge in [-0.3, -0.25) is 0 Å². The van der Waals surface area contributed by atoms with Crippen molar-refractivity contribution in [1.29, 1.82) is 0 Å². The van der Waals surface area contributed by atoms with Gasteiger partial charge in [-0.25, -0.2) is 0 Å². The fraction of sp³-hybridized carbons (Fsp3) is 0.500. The Labute approximate surface area is 69.5 Å². The number of hydrogen-bond donors (Lipinski definition) is 0. The van der Waals surface area contributed by atoms with Crippen molar-refractivity contribution in [3.05, 3.63) is 6.92 Å². The van der Waals surface area contributed by atoms with Crippen LogP contribution in [-0.4, -0.2) is 56.6 Å². The topological polar surface area (TPSA) is 0 Å². The molecule has 0 heterocycles. The first-order chi connectivity index (χ1) is 1.00. The molecule has 1 radical (unpaired) electrons. The van der Waals surface area contributed by atoms with Crippen LogP contribution in [0, 0.1) is 6.92 Å². The third-order valence-electron chi connectivity index (χ3n) is 0. The van der Waals surface area contributed by atoms with Crippen molar-refractivity contribution in [3.8, 4) is 0 Å². The van der Waals surface area contributed by atoms with Crippen molar-refractivity contribution in [2.45, 2.75) is 6.92 Å². The van der Waals surface area contributed by atoms with E-state index in [9.17, 15) is 0 Å². The molecule has 4 heavy (non-hydrogen) atoms. The first-order valence-electron chi connectivity index (χ1n) is 0.707. The van der Waals surface area contributed by atoms with E-state index < -0.39 is 0 Å². The van der Waals surface area contributed by atoms with E-state index in [4.69, 9.17) is 0 Å². The van der Waals surface area contributed by atoms with E-state index in [1.54, 1.807) is 6.92 Å². The molecule has 0 spiro atoms. The van der Waals surface area contributed by atoms with Gasteiger partial charge in [0.05, 0.1) is 0 Å². The van der Waals surface area contributed by atoms with E-state index in [1.165, 1.54) is 0 Å². The van der Waals surface area contributed by atoms with Crippen LogP contribution in [0.4, 0.5) is 0 Å². The second kappa shape index (κ2) is 21.0. The Morgan fingerprint density at radius 2 is 1.25 bits per heavy atom. The molecule has 0 aromatic heterocycles. The average Bonchev–Trinajstić information content (AvgIpc) is 1.00. The van der Waals surface area contributed by atoms with Crippen molar-refractivity contribution in [3.63, 3.8) is 0 Å². The Hall–Kier alpha value is 1.86. The SMILES string of the molecule is [CH2]C.[CaH2].[LiH]. The summed E-state index contributed by atoms with van der Waals surface area (Å²) in [7, 11) is 0. The minimum absolute atomic E-state index is 0. The van der Waals surface area contributed by atoms with Crippen LogP contribution in [0.5, 0.6) is 0 Å². The van der Waals surface area contributed by atoms with Gasteiger partial charge in [0.2, 0.25) is 0 Å². The summed E-state index contributed by atoms with van der Waals surface area (Å²) in [5.41, 5.74) is 0. The molecule has 19 valence electrons. The second-order valence-corrected chi connectivity index (χ2v) is 0. The van der Waals surface area contributed by atoms with Crippen LogP contribution in [0.25, 0.3) is 0 Å². The fourth-order valence-electron chi connectivity index (χ4n) is 0. The standard InChI is InChI=1S/C2H5.Ca.Li.3H/c1-2;;;;;/h1H2,2H3;;;;;. The summed E-state index contributed by atoms with van der Waals surface area (Å²) in [5, 5.41) is 0. The molecule has 0 atom stereocenters. The van der Waals surface area contributed by atoms with Crippen molar-refractivity contribution in [1.82, 2.24) is 0 Å². The molecule has 0 unspecified atom stereocenters. The van der Waals surface area contributed by atoms with Crippen LogP contribution < -0.4 is 0 Å². The summed E-state index contributed by atoms with van der Waals surface area (Å²) in [6.07, 6.45) is 0. The molecule has 0 aliphatic carbocycles. The monoisotopic (exact) mass is 79.0 g/mol. The zero-order valence-corrected chi connectivity index (χ0v) is 1.71. The van der Waals surface area contributed by atoms with Gasteiger partial charge >= 0.3 is 56.6 Å². The van der Waals surface area contributed by atoms with Gasteiger partial charge in [0.1, 0.15) is 0 Å². The van der Waals surface area contributed by atoms with Gasteiger partial charge in [-0.1, -0.05) is 13.8 Å². The first kappa shape index (κ1) is 16.9. The van der Waals surface area contributed by atoms with Crippen LogP contribution in [0.1, 0.15) is 6.92 Å². The van der Waals surface area contributed by atoms with Crippen molar-refractivity contribution in [2.75, 3.05) is 0 Å². The van der Waals surface area contributed by atoms with Gasteiger partial charge in [-0.2, -0.15) is 0 Å². The van der Waals surface area contributed by atoms with Gasteiger partial charge in [-0.05, 0) is 0 Å². The molecule has 0 nitrogen and oxygen atoms in total. The molecule has 0 aliphatic rings. The molecule has 0 bridgehead atoms. The van der Waals surface area contributed by atoms with Gasteiger partial charge in [0.25, 0.3) is 0 Å². The Bertz CT molecular complexity index is 6.00. The summed E-state index contributed by atoms with van der Waals surface area (Å²) >= 11 is 0. The van der Waals surface area contributed by atoms with E-state index in [0.29, 0.717) is 0 Å². The van der Waals surface area contributed by atoms with Crippen LogP contribution in [-0.2, 0) is 0 Å².